The van der Waals surface area contributed by atoms with E-state index >= 15 is 0 Å². The normalized spacial score (nSPS) is 27.5. The Morgan fingerprint density at radius 2 is 1.76 bits per heavy atom. The van der Waals surface area contributed by atoms with Gasteiger partial charge in [-0.3, -0.25) is 24.0 Å². The molecule has 5 aliphatic rings. The van der Waals surface area contributed by atoms with Gasteiger partial charge in [0.15, 0.2) is 0 Å². The highest BCUT2D eigenvalue weighted by molar-refractivity contribution is 7.91. The Balaban J connectivity index is 1.21. The number of sulfonamides is 1. The number of amides is 4. The third kappa shape index (κ3) is 11.2. The first-order chi connectivity index (χ1) is 31.4. The lowest BCUT2D eigenvalue weighted by atomic mass is 9.85. The topological polar surface area (TPSA) is 204 Å². The van der Waals surface area contributed by atoms with Gasteiger partial charge in [0.05, 0.1) is 42.2 Å². The first-order valence-electron chi connectivity index (χ1n) is 23.6. The van der Waals surface area contributed by atoms with Gasteiger partial charge in [-0.15, -0.1) is 6.58 Å². The minimum atomic E-state index is -4.03. The number of methoxy groups -OCH3 is 2. The molecule has 0 spiro atoms. The van der Waals surface area contributed by atoms with E-state index in [4.69, 9.17) is 28.7 Å². The third-order valence-electron chi connectivity index (χ3n) is 14.0. The summed E-state index contributed by atoms with van der Waals surface area (Å²) in [6.45, 7) is 14.8. The van der Waals surface area contributed by atoms with E-state index in [1.165, 1.54) is 11.0 Å². The molecule has 66 heavy (non-hydrogen) atoms. The van der Waals surface area contributed by atoms with Crippen molar-refractivity contribution in [3.63, 3.8) is 0 Å². The van der Waals surface area contributed by atoms with E-state index in [1.54, 1.807) is 21.1 Å². The Labute approximate surface area is 389 Å². The number of hydrogen-bond acceptors (Lipinski definition) is 13. The van der Waals surface area contributed by atoms with Crippen molar-refractivity contribution in [3.05, 3.63) is 42.5 Å². The van der Waals surface area contributed by atoms with Crippen LogP contribution in [0.5, 0.6) is 11.6 Å². The number of alkyl carbamates (subject to hydrolysis) is 1. The van der Waals surface area contributed by atoms with Crippen molar-refractivity contribution in [3.8, 4) is 11.6 Å². The van der Waals surface area contributed by atoms with Crippen LogP contribution in [0.25, 0.3) is 10.9 Å². The lowest BCUT2D eigenvalue weighted by Gasteiger charge is -2.35. The molecule has 1 saturated heterocycles. The highest BCUT2D eigenvalue weighted by Crippen LogP contribution is 2.47. The molecule has 3 heterocycles. The average molecular weight is 939 g/mol. The van der Waals surface area contributed by atoms with Crippen LogP contribution in [0.1, 0.15) is 97.5 Å². The van der Waals surface area contributed by atoms with Crippen molar-refractivity contribution < 1.29 is 51.3 Å². The van der Waals surface area contributed by atoms with Crippen LogP contribution in [0.3, 0.4) is 0 Å². The van der Waals surface area contributed by atoms with Gasteiger partial charge < -0.3 is 39.2 Å². The monoisotopic (exact) mass is 938 g/mol. The Hall–Kier alpha value is -4.52. The maximum absolute atomic E-state index is 14.9. The number of carbonyl (C=O) groups excluding carboxylic acids is 4. The first-order valence-corrected chi connectivity index (χ1v) is 25.1. The van der Waals surface area contributed by atoms with Gasteiger partial charge in [-0.1, -0.05) is 51.8 Å². The molecule has 2 aliphatic heterocycles. The number of benzene rings is 1. The summed E-state index contributed by atoms with van der Waals surface area (Å²) in [5.41, 5.74) is -0.940. The molecule has 7 rings (SSSR count). The molecule has 2 bridgehead atoms. The molecular formula is C48H70N6O11S. The maximum atomic E-state index is 14.9. The smallest absolute Gasteiger partial charge is 0.408 e. The van der Waals surface area contributed by atoms with Gasteiger partial charge in [0, 0.05) is 51.6 Å². The number of nitrogens with one attached hydrogen (secondary N) is 3. The molecule has 1 aromatic heterocycles. The fraction of sp³-hybridized carbons (Fsp3) is 0.688. The fourth-order valence-corrected chi connectivity index (χ4v) is 10.5. The van der Waals surface area contributed by atoms with Gasteiger partial charge >= 0.3 is 6.09 Å². The minimum absolute atomic E-state index is 0.0123. The molecular weight excluding hydrogens is 869 g/mol. The molecule has 17 nitrogen and oxygen atoms in total. The van der Waals surface area contributed by atoms with Crippen LogP contribution in [0.15, 0.2) is 36.9 Å². The lowest BCUT2D eigenvalue weighted by molar-refractivity contribution is -0.142. The maximum Gasteiger partial charge on any atom is 0.408 e. The zero-order valence-electron chi connectivity index (χ0n) is 39.5. The Kier molecular flexibility index (Phi) is 15.2. The standard InChI is InChI=1S/C48H70N6O11S/c1-8-32-29-48(32,44(57)52-66(59,60)47(5)19-20-47)51-41(55)37-28-33-30-54(37)43(56)40(46(2,3)4)50-45(58)65-38-27-31(38)15-10-9-11-17-35-39(34-16-12-13-18-36(34)49-42(35)64-33)63-24-14-21-53(22-25-61-6)23-26-62-7/h8,12-13,16,18,31-33,37-38,40H,1,9-11,14-15,17,19-30H2,2-7H3,(H,50,58)(H,51,55)(H,52,57)/t31-,32-,33-,37+,38-,40-,48-/m1/s1. The predicted molar refractivity (Wildman–Crippen MR) is 247 cm³/mol. The van der Waals surface area contributed by atoms with Crippen LogP contribution in [-0.2, 0) is 45.0 Å². The number of pyridine rings is 1. The Bertz CT molecular complexity index is 2220. The second-order valence-corrected chi connectivity index (χ2v) is 22.3. The Morgan fingerprint density at radius 1 is 1.03 bits per heavy atom. The number of para-hydroxylation sites is 1. The van der Waals surface area contributed by atoms with Crippen molar-refractivity contribution in [1.29, 1.82) is 0 Å². The lowest BCUT2D eigenvalue weighted by Crippen LogP contribution is -2.60. The SMILES string of the molecule is C=C[C@@H]1C[C@]1(NC(=O)[C@@H]1C[C@@H]2CN1C(=O)[C@H](C(C)(C)C)NC(=O)O[C@@H]1C[C@H]1CCCCCc1c(nc3ccccc3c1OCCCN(CCOC)CCOC)O2)C(=O)NS(=O)(=O)C1(C)CC1. The van der Waals surface area contributed by atoms with E-state index in [9.17, 15) is 27.6 Å². The summed E-state index contributed by atoms with van der Waals surface area (Å²) in [7, 11) is -0.646. The first kappa shape index (κ1) is 49.4. The molecule has 0 unspecified atom stereocenters. The zero-order valence-corrected chi connectivity index (χ0v) is 40.3. The van der Waals surface area contributed by atoms with Gasteiger partial charge in [0.25, 0.3) is 5.91 Å². The number of fused-ring (bicyclic) bond motifs is 5. The highest BCUT2D eigenvalue weighted by atomic mass is 32.2. The third-order valence-corrected chi connectivity index (χ3v) is 16.2. The summed E-state index contributed by atoms with van der Waals surface area (Å²) in [6.07, 6.45) is 6.44. The molecule has 7 atom stereocenters. The molecule has 0 radical (unpaired) electrons. The van der Waals surface area contributed by atoms with Crippen molar-refractivity contribution in [2.75, 3.05) is 60.2 Å². The number of hydrogen-bond donors (Lipinski definition) is 3. The summed E-state index contributed by atoms with van der Waals surface area (Å²) in [4.78, 5) is 65.6. The van der Waals surface area contributed by atoms with E-state index in [1.807, 2.05) is 45.0 Å². The van der Waals surface area contributed by atoms with E-state index in [-0.39, 0.29) is 31.4 Å². The number of carbonyl (C=O) groups is 4. The summed E-state index contributed by atoms with van der Waals surface area (Å²) < 4.78 is 57.7. The summed E-state index contributed by atoms with van der Waals surface area (Å²) >= 11 is 0. The van der Waals surface area contributed by atoms with E-state index in [0.29, 0.717) is 56.2 Å². The molecule has 18 heteroatoms. The molecule has 364 valence electrons. The van der Waals surface area contributed by atoms with Crippen LogP contribution < -0.4 is 24.8 Å². The number of nitrogens with zero attached hydrogens (tertiary/aromatic N) is 3. The second kappa shape index (κ2) is 20.4. The molecule has 1 aromatic carbocycles. The van der Waals surface area contributed by atoms with Gasteiger partial charge in [0.1, 0.15) is 35.6 Å². The van der Waals surface area contributed by atoms with Crippen LogP contribution in [-0.4, -0.2) is 142 Å². The highest BCUT2D eigenvalue weighted by Gasteiger charge is 2.63. The molecule has 3 saturated carbocycles. The van der Waals surface area contributed by atoms with Crippen molar-refractivity contribution >= 4 is 44.7 Å². The van der Waals surface area contributed by atoms with Crippen molar-refractivity contribution in [2.45, 2.75) is 133 Å². The average Bonchev–Trinajstić information content (AvgIpc) is 4.24. The summed E-state index contributed by atoms with van der Waals surface area (Å²) in [5.74, 6) is -1.32. The van der Waals surface area contributed by atoms with Gasteiger partial charge in [-0.2, -0.15) is 0 Å². The van der Waals surface area contributed by atoms with E-state index in [0.717, 1.165) is 69.1 Å². The van der Waals surface area contributed by atoms with Gasteiger partial charge in [0.2, 0.25) is 27.7 Å². The van der Waals surface area contributed by atoms with Gasteiger partial charge in [-0.25, -0.2) is 18.2 Å². The largest absolute Gasteiger partial charge is 0.492 e. The zero-order chi connectivity index (χ0) is 47.4. The van der Waals surface area contributed by atoms with Gasteiger partial charge in [-0.05, 0) is 81.8 Å². The molecule has 3 aliphatic carbocycles. The second-order valence-electron chi connectivity index (χ2n) is 20.1. The van der Waals surface area contributed by atoms with Crippen LogP contribution in [0, 0.1) is 17.3 Å². The van der Waals surface area contributed by atoms with E-state index in [2.05, 4.69) is 26.8 Å². The Morgan fingerprint density at radius 3 is 2.42 bits per heavy atom. The number of rotatable bonds is 17. The van der Waals surface area contributed by atoms with Crippen LogP contribution in [0.4, 0.5) is 4.79 Å². The van der Waals surface area contributed by atoms with Crippen molar-refractivity contribution in [2.24, 2.45) is 17.3 Å². The predicted octanol–water partition coefficient (Wildman–Crippen LogP) is 4.65. The summed E-state index contributed by atoms with van der Waals surface area (Å²) in [6, 6.07) is 5.48. The molecule has 4 amide bonds. The van der Waals surface area contributed by atoms with Crippen molar-refractivity contribution in [1.82, 2.24) is 30.1 Å². The number of ether oxygens (including phenoxy) is 5. The van der Waals surface area contributed by atoms with Crippen LogP contribution in [0.2, 0.25) is 0 Å². The minimum Gasteiger partial charge on any atom is -0.492 e. The van der Waals surface area contributed by atoms with E-state index < -0.39 is 73.6 Å². The molecule has 3 N–H and O–H groups in total. The van der Waals surface area contributed by atoms with Crippen LogP contribution >= 0.6 is 0 Å². The quantitative estimate of drug-likeness (QED) is 0.146. The number of aromatic nitrogens is 1. The summed E-state index contributed by atoms with van der Waals surface area (Å²) in [5, 5.41) is 6.55. The fourth-order valence-electron chi connectivity index (χ4n) is 9.23. The molecule has 4 fully saturated rings. The molecule has 2 aromatic rings.